The lowest BCUT2D eigenvalue weighted by Crippen LogP contribution is -2.20. The lowest BCUT2D eigenvalue weighted by molar-refractivity contribution is 0.321. The van der Waals surface area contributed by atoms with E-state index in [0.717, 1.165) is 12.4 Å². The van der Waals surface area contributed by atoms with Crippen molar-refractivity contribution in [3.63, 3.8) is 0 Å². The van der Waals surface area contributed by atoms with E-state index in [-0.39, 0.29) is 0 Å². The highest BCUT2D eigenvalue weighted by Crippen LogP contribution is 2.19. The molecule has 1 aromatic rings. The van der Waals surface area contributed by atoms with Gasteiger partial charge in [-0.2, -0.15) is 0 Å². The Labute approximate surface area is 90.7 Å². The minimum absolute atomic E-state index is 0.709. The van der Waals surface area contributed by atoms with E-state index in [1.54, 1.807) is 0 Å². The summed E-state index contributed by atoms with van der Waals surface area (Å²) in [5, 5.41) is 0. The van der Waals surface area contributed by atoms with Crippen LogP contribution in [0, 0.1) is 5.92 Å². The van der Waals surface area contributed by atoms with Crippen LogP contribution in [0.15, 0.2) is 30.3 Å². The Morgan fingerprint density at radius 3 is 2.71 bits per heavy atom. The summed E-state index contributed by atoms with van der Waals surface area (Å²) in [5.41, 5.74) is 1.41. The van der Waals surface area contributed by atoms with Crippen LogP contribution in [0.25, 0.3) is 0 Å². The zero-order chi connectivity index (χ0) is 9.80. The van der Waals surface area contributed by atoms with Gasteiger partial charge in [0.2, 0.25) is 0 Å². The van der Waals surface area contributed by atoms with Crippen molar-refractivity contribution in [1.82, 2.24) is 4.90 Å². The van der Waals surface area contributed by atoms with Crippen LogP contribution in [0.3, 0.4) is 0 Å². The minimum atomic E-state index is 0.709. The summed E-state index contributed by atoms with van der Waals surface area (Å²) in [6, 6.07) is 10.6. The van der Waals surface area contributed by atoms with Gasteiger partial charge in [-0.3, -0.25) is 4.90 Å². The van der Waals surface area contributed by atoms with Crippen LogP contribution >= 0.6 is 11.6 Å². The number of nitrogens with zero attached hydrogens (tertiary/aromatic N) is 1. The van der Waals surface area contributed by atoms with Crippen LogP contribution in [0.2, 0.25) is 0 Å². The molecule has 14 heavy (non-hydrogen) atoms. The van der Waals surface area contributed by atoms with Crippen LogP contribution < -0.4 is 0 Å². The molecule has 1 atom stereocenters. The number of benzene rings is 1. The van der Waals surface area contributed by atoms with E-state index < -0.39 is 0 Å². The van der Waals surface area contributed by atoms with Crippen LogP contribution in [0.4, 0.5) is 0 Å². The third kappa shape index (κ3) is 2.49. The number of hydrogen-bond acceptors (Lipinski definition) is 1. The predicted molar refractivity (Wildman–Crippen MR) is 60.5 cm³/mol. The first kappa shape index (κ1) is 10.0. The molecular formula is C12H16ClN. The van der Waals surface area contributed by atoms with E-state index in [9.17, 15) is 0 Å². The summed E-state index contributed by atoms with van der Waals surface area (Å²) in [6.07, 6.45) is 1.26. The lowest BCUT2D eigenvalue weighted by atomic mass is 10.2. The van der Waals surface area contributed by atoms with Crippen LogP contribution in [0.5, 0.6) is 0 Å². The monoisotopic (exact) mass is 209 g/mol. The van der Waals surface area contributed by atoms with E-state index in [0.29, 0.717) is 5.92 Å². The molecule has 1 heterocycles. The van der Waals surface area contributed by atoms with Gasteiger partial charge in [0.1, 0.15) is 0 Å². The summed E-state index contributed by atoms with van der Waals surface area (Å²) in [4.78, 5) is 2.49. The van der Waals surface area contributed by atoms with Crippen LogP contribution in [0.1, 0.15) is 12.0 Å². The van der Waals surface area contributed by atoms with Gasteiger partial charge in [0.25, 0.3) is 0 Å². The largest absolute Gasteiger partial charge is 0.299 e. The molecule has 0 amide bonds. The van der Waals surface area contributed by atoms with Crippen molar-refractivity contribution in [3.8, 4) is 0 Å². The number of hydrogen-bond donors (Lipinski definition) is 0. The van der Waals surface area contributed by atoms with Gasteiger partial charge in [-0.1, -0.05) is 30.3 Å². The molecule has 2 rings (SSSR count). The predicted octanol–water partition coefficient (Wildman–Crippen LogP) is 2.75. The van der Waals surface area contributed by atoms with Gasteiger partial charge < -0.3 is 0 Å². The van der Waals surface area contributed by atoms with E-state index in [2.05, 4.69) is 35.2 Å². The molecule has 1 fully saturated rings. The molecule has 0 aromatic heterocycles. The van der Waals surface area contributed by atoms with Crippen molar-refractivity contribution in [2.75, 3.05) is 19.0 Å². The molecule has 1 aliphatic rings. The maximum absolute atomic E-state index is 5.85. The van der Waals surface area contributed by atoms with Gasteiger partial charge >= 0.3 is 0 Å². The molecular weight excluding hydrogens is 194 g/mol. The standard InChI is InChI=1S/C12H16ClN/c13-8-12-6-7-14(10-12)9-11-4-2-1-3-5-11/h1-5,12H,6-10H2/t12-/m1/s1. The fourth-order valence-electron chi connectivity index (χ4n) is 2.02. The Hall–Kier alpha value is -0.530. The summed E-state index contributed by atoms with van der Waals surface area (Å²) in [5.74, 6) is 1.52. The molecule has 76 valence electrons. The molecule has 0 saturated carbocycles. The highest BCUT2D eigenvalue weighted by molar-refractivity contribution is 6.18. The van der Waals surface area contributed by atoms with E-state index in [4.69, 9.17) is 11.6 Å². The third-order valence-corrected chi connectivity index (χ3v) is 3.27. The number of likely N-dealkylation sites (tertiary alicyclic amines) is 1. The minimum Gasteiger partial charge on any atom is -0.299 e. The number of rotatable bonds is 3. The lowest BCUT2D eigenvalue weighted by Gasteiger charge is -2.15. The molecule has 0 spiro atoms. The zero-order valence-corrected chi connectivity index (χ0v) is 9.08. The fraction of sp³-hybridized carbons (Fsp3) is 0.500. The van der Waals surface area contributed by atoms with Crippen molar-refractivity contribution < 1.29 is 0 Å². The molecule has 0 N–H and O–H groups in total. The van der Waals surface area contributed by atoms with Crippen molar-refractivity contribution in [2.24, 2.45) is 5.92 Å². The molecule has 0 unspecified atom stereocenters. The first-order chi connectivity index (χ1) is 6.88. The van der Waals surface area contributed by atoms with Crippen LogP contribution in [-0.2, 0) is 6.54 Å². The smallest absolute Gasteiger partial charge is 0.0264 e. The Morgan fingerprint density at radius 2 is 2.07 bits per heavy atom. The molecule has 1 nitrogen and oxygen atoms in total. The van der Waals surface area contributed by atoms with Gasteiger partial charge in [-0.05, 0) is 24.4 Å². The van der Waals surface area contributed by atoms with E-state index >= 15 is 0 Å². The Bertz CT molecular complexity index is 273. The van der Waals surface area contributed by atoms with Crippen molar-refractivity contribution in [1.29, 1.82) is 0 Å². The number of halogens is 1. The van der Waals surface area contributed by atoms with E-state index in [1.165, 1.54) is 25.1 Å². The average Bonchev–Trinajstić information content (AvgIpc) is 2.67. The third-order valence-electron chi connectivity index (χ3n) is 2.84. The first-order valence-electron chi connectivity index (χ1n) is 5.20. The van der Waals surface area contributed by atoms with Crippen molar-refractivity contribution in [3.05, 3.63) is 35.9 Å². The second-order valence-corrected chi connectivity index (χ2v) is 4.34. The topological polar surface area (TPSA) is 3.24 Å². The Morgan fingerprint density at radius 1 is 1.29 bits per heavy atom. The molecule has 1 saturated heterocycles. The van der Waals surface area contributed by atoms with Gasteiger partial charge in [-0.15, -0.1) is 11.6 Å². The molecule has 0 radical (unpaired) electrons. The Balaban J connectivity index is 1.88. The van der Waals surface area contributed by atoms with Crippen LogP contribution in [-0.4, -0.2) is 23.9 Å². The number of alkyl halides is 1. The summed E-state index contributed by atoms with van der Waals surface area (Å²) in [6.45, 7) is 3.44. The van der Waals surface area contributed by atoms with Crippen molar-refractivity contribution in [2.45, 2.75) is 13.0 Å². The summed E-state index contributed by atoms with van der Waals surface area (Å²) in [7, 11) is 0. The highest BCUT2D eigenvalue weighted by Gasteiger charge is 2.21. The normalized spacial score (nSPS) is 22.8. The maximum Gasteiger partial charge on any atom is 0.0264 e. The molecule has 0 bridgehead atoms. The second kappa shape index (κ2) is 4.81. The molecule has 0 aliphatic carbocycles. The Kier molecular flexibility index (Phi) is 3.44. The van der Waals surface area contributed by atoms with Gasteiger partial charge in [0.05, 0.1) is 0 Å². The van der Waals surface area contributed by atoms with Gasteiger partial charge in [0.15, 0.2) is 0 Å². The highest BCUT2D eigenvalue weighted by atomic mass is 35.5. The average molecular weight is 210 g/mol. The van der Waals surface area contributed by atoms with Gasteiger partial charge in [0, 0.05) is 19.0 Å². The van der Waals surface area contributed by atoms with Gasteiger partial charge in [-0.25, -0.2) is 0 Å². The zero-order valence-electron chi connectivity index (χ0n) is 8.32. The summed E-state index contributed by atoms with van der Waals surface area (Å²) >= 11 is 5.85. The van der Waals surface area contributed by atoms with E-state index in [1.807, 2.05) is 0 Å². The molecule has 1 aliphatic heterocycles. The van der Waals surface area contributed by atoms with Crippen molar-refractivity contribution >= 4 is 11.6 Å². The maximum atomic E-state index is 5.85. The molecule has 1 aromatic carbocycles. The first-order valence-corrected chi connectivity index (χ1v) is 5.74. The molecule has 2 heteroatoms. The SMILES string of the molecule is ClC[C@H]1CCN(Cc2ccccc2)C1. The quantitative estimate of drug-likeness (QED) is 0.692. The summed E-state index contributed by atoms with van der Waals surface area (Å²) < 4.78 is 0. The second-order valence-electron chi connectivity index (χ2n) is 4.03. The fourth-order valence-corrected chi connectivity index (χ4v) is 2.28.